The van der Waals surface area contributed by atoms with Crippen molar-refractivity contribution < 1.29 is 14.5 Å². The molecule has 0 saturated carbocycles. The molecule has 21 heavy (non-hydrogen) atoms. The van der Waals surface area contributed by atoms with Gasteiger partial charge in [0, 0.05) is 11.8 Å². The number of nitrogens with one attached hydrogen (secondary N) is 2. The highest BCUT2D eigenvalue weighted by atomic mass is 32.1. The Morgan fingerprint density at radius 2 is 2.00 bits per heavy atom. The Balaban J connectivity index is 2.02. The summed E-state index contributed by atoms with van der Waals surface area (Å²) in [7, 11) is 0. The Hall–Kier alpha value is -1.40. The van der Waals surface area contributed by atoms with Crippen LogP contribution in [0.25, 0.3) is 0 Å². The first-order valence-corrected chi connectivity index (χ1v) is 8.29. The standard InChI is InChI=1S/C15H23N3O2S/c1-9-6-10(2)8-18(7-9)11(3)14(20)17-15-12(13(16)19)4-5-21-15/h4-5,9-11H,6-8H2,1-3H3,(H2,16,19)(H,17,20)/p+1/t9-,10-,11-/m0/s1. The van der Waals surface area contributed by atoms with Gasteiger partial charge in [0.1, 0.15) is 5.00 Å². The van der Waals surface area contributed by atoms with Crippen molar-refractivity contribution >= 4 is 28.2 Å². The highest BCUT2D eigenvalue weighted by molar-refractivity contribution is 7.14. The summed E-state index contributed by atoms with van der Waals surface area (Å²) < 4.78 is 0. The number of likely N-dealkylation sites (tertiary alicyclic amines) is 1. The van der Waals surface area contributed by atoms with E-state index in [9.17, 15) is 9.59 Å². The monoisotopic (exact) mass is 310 g/mol. The Morgan fingerprint density at radius 3 is 2.57 bits per heavy atom. The van der Waals surface area contributed by atoms with Crippen LogP contribution in [-0.2, 0) is 4.79 Å². The van der Waals surface area contributed by atoms with Gasteiger partial charge in [-0.2, -0.15) is 0 Å². The number of nitrogens with two attached hydrogens (primary N) is 1. The van der Waals surface area contributed by atoms with Crippen LogP contribution in [0.15, 0.2) is 11.4 Å². The van der Waals surface area contributed by atoms with E-state index in [0.29, 0.717) is 22.4 Å². The summed E-state index contributed by atoms with van der Waals surface area (Å²) in [5.41, 5.74) is 5.69. The first-order valence-electron chi connectivity index (χ1n) is 7.41. The lowest BCUT2D eigenvalue weighted by Crippen LogP contribution is -3.18. The van der Waals surface area contributed by atoms with E-state index in [1.54, 1.807) is 11.4 Å². The predicted octanol–water partition coefficient (Wildman–Crippen LogP) is 0.735. The van der Waals surface area contributed by atoms with Crippen LogP contribution in [0.2, 0.25) is 0 Å². The third-order valence-corrected chi connectivity index (χ3v) is 5.03. The first kappa shape index (κ1) is 16.0. The van der Waals surface area contributed by atoms with Crippen LogP contribution in [-0.4, -0.2) is 30.9 Å². The molecule has 1 aromatic heterocycles. The number of piperidine rings is 1. The fourth-order valence-electron chi connectivity index (χ4n) is 3.19. The number of hydrogen-bond acceptors (Lipinski definition) is 3. The predicted molar refractivity (Wildman–Crippen MR) is 84.6 cm³/mol. The van der Waals surface area contributed by atoms with Crippen molar-refractivity contribution in [3.05, 3.63) is 17.0 Å². The molecule has 4 N–H and O–H groups in total. The first-order chi connectivity index (χ1) is 9.88. The Kier molecular flexibility index (Phi) is 5.00. The average molecular weight is 310 g/mol. The molecule has 0 unspecified atom stereocenters. The fourth-order valence-corrected chi connectivity index (χ4v) is 3.99. The van der Waals surface area contributed by atoms with E-state index < -0.39 is 5.91 Å². The van der Waals surface area contributed by atoms with Crippen molar-refractivity contribution in [1.29, 1.82) is 0 Å². The van der Waals surface area contributed by atoms with Gasteiger partial charge >= 0.3 is 0 Å². The maximum Gasteiger partial charge on any atom is 0.282 e. The normalized spacial score (nSPS) is 27.1. The van der Waals surface area contributed by atoms with Crippen molar-refractivity contribution in [3.63, 3.8) is 0 Å². The minimum atomic E-state index is -0.508. The molecule has 6 heteroatoms. The van der Waals surface area contributed by atoms with Gasteiger partial charge in [-0.15, -0.1) is 11.3 Å². The van der Waals surface area contributed by atoms with Crippen molar-refractivity contribution in [1.82, 2.24) is 0 Å². The summed E-state index contributed by atoms with van der Waals surface area (Å²) in [6.07, 6.45) is 1.23. The SMILES string of the molecule is C[C@H]1C[C@H](C)C[NH+]([C@@H](C)C(=O)Nc2sccc2C(N)=O)C1. The summed E-state index contributed by atoms with van der Waals surface area (Å²) in [5.74, 6) is 0.729. The topological polar surface area (TPSA) is 76.6 Å². The van der Waals surface area contributed by atoms with Gasteiger partial charge in [-0.25, -0.2) is 0 Å². The van der Waals surface area contributed by atoms with E-state index in [0.717, 1.165) is 13.1 Å². The highest BCUT2D eigenvalue weighted by Crippen LogP contribution is 2.22. The van der Waals surface area contributed by atoms with E-state index in [4.69, 9.17) is 5.73 Å². The molecule has 116 valence electrons. The maximum absolute atomic E-state index is 12.4. The number of carbonyl (C=O) groups is 2. The van der Waals surface area contributed by atoms with Gasteiger partial charge in [-0.3, -0.25) is 9.59 Å². The van der Waals surface area contributed by atoms with Gasteiger partial charge in [0.15, 0.2) is 6.04 Å². The number of thiophene rings is 1. The van der Waals surface area contributed by atoms with Gasteiger partial charge in [-0.1, -0.05) is 13.8 Å². The number of primary amides is 1. The van der Waals surface area contributed by atoms with E-state index in [1.807, 2.05) is 6.92 Å². The molecule has 2 rings (SSSR count). The van der Waals surface area contributed by atoms with Crippen LogP contribution in [0.5, 0.6) is 0 Å². The van der Waals surface area contributed by atoms with Gasteiger partial charge in [0.05, 0.1) is 18.7 Å². The lowest BCUT2D eigenvalue weighted by molar-refractivity contribution is -0.925. The minimum Gasteiger partial charge on any atom is -0.366 e. The molecule has 0 aromatic carbocycles. The quantitative estimate of drug-likeness (QED) is 0.767. The Bertz CT molecular complexity index is 519. The second-order valence-electron chi connectivity index (χ2n) is 6.25. The van der Waals surface area contributed by atoms with Crippen LogP contribution in [0.3, 0.4) is 0 Å². The van der Waals surface area contributed by atoms with E-state index >= 15 is 0 Å². The molecular formula is C15H24N3O2S+. The van der Waals surface area contributed by atoms with Crippen molar-refractivity contribution in [2.75, 3.05) is 18.4 Å². The van der Waals surface area contributed by atoms with Gasteiger partial charge in [0.25, 0.3) is 11.8 Å². The number of anilines is 1. The molecule has 1 aliphatic heterocycles. The molecule has 2 amide bonds. The zero-order valence-electron chi connectivity index (χ0n) is 12.8. The lowest BCUT2D eigenvalue weighted by Gasteiger charge is -2.35. The molecule has 1 fully saturated rings. The molecule has 0 bridgehead atoms. The van der Waals surface area contributed by atoms with Crippen LogP contribution in [0.1, 0.15) is 37.6 Å². The number of carbonyl (C=O) groups excluding carboxylic acids is 2. The molecule has 1 saturated heterocycles. The minimum absolute atomic E-state index is 0.0451. The summed E-state index contributed by atoms with van der Waals surface area (Å²) in [6, 6.07) is 1.52. The molecule has 3 atom stereocenters. The van der Waals surface area contributed by atoms with Crippen LogP contribution < -0.4 is 16.0 Å². The number of hydrogen-bond donors (Lipinski definition) is 3. The van der Waals surface area contributed by atoms with Gasteiger partial charge < -0.3 is 16.0 Å². The molecule has 0 radical (unpaired) electrons. The maximum atomic E-state index is 12.4. The van der Waals surface area contributed by atoms with Crippen LogP contribution >= 0.6 is 11.3 Å². The lowest BCUT2D eigenvalue weighted by atomic mass is 9.91. The zero-order chi connectivity index (χ0) is 15.6. The molecule has 5 nitrogen and oxygen atoms in total. The van der Waals surface area contributed by atoms with Crippen molar-refractivity contribution in [2.24, 2.45) is 17.6 Å². The van der Waals surface area contributed by atoms with E-state index in [2.05, 4.69) is 19.2 Å². The third-order valence-electron chi connectivity index (χ3n) is 4.20. The Labute approximate surface area is 129 Å². The number of amides is 2. The van der Waals surface area contributed by atoms with Crippen molar-refractivity contribution in [2.45, 2.75) is 33.2 Å². The second kappa shape index (κ2) is 6.58. The number of quaternary nitrogens is 1. The van der Waals surface area contributed by atoms with E-state index in [1.165, 1.54) is 22.7 Å². The highest BCUT2D eigenvalue weighted by Gasteiger charge is 2.32. The molecule has 1 aromatic rings. The third kappa shape index (κ3) is 3.83. The van der Waals surface area contributed by atoms with Crippen molar-refractivity contribution in [3.8, 4) is 0 Å². The summed E-state index contributed by atoms with van der Waals surface area (Å²) in [5, 5.41) is 5.17. The number of rotatable bonds is 4. The summed E-state index contributed by atoms with van der Waals surface area (Å²) >= 11 is 1.33. The smallest absolute Gasteiger partial charge is 0.282 e. The molecule has 0 aliphatic carbocycles. The fraction of sp³-hybridized carbons (Fsp3) is 0.600. The summed E-state index contributed by atoms with van der Waals surface area (Å²) in [4.78, 5) is 25.0. The van der Waals surface area contributed by atoms with Crippen LogP contribution in [0, 0.1) is 11.8 Å². The Morgan fingerprint density at radius 1 is 1.38 bits per heavy atom. The second-order valence-corrected chi connectivity index (χ2v) is 7.17. The van der Waals surface area contributed by atoms with E-state index in [-0.39, 0.29) is 11.9 Å². The van der Waals surface area contributed by atoms with Crippen LogP contribution in [0.4, 0.5) is 5.00 Å². The molecule has 2 heterocycles. The molecule has 1 aliphatic rings. The van der Waals surface area contributed by atoms with Gasteiger partial charge in [-0.05, 0) is 24.8 Å². The zero-order valence-corrected chi connectivity index (χ0v) is 13.6. The molecule has 0 spiro atoms. The molecular weight excluding hydrogens is 286 g/mol. The largest absolute Gasteiger partial charge is 0.366 e. The average Bonchev–Trinajstić information content (AvgIpc) is 2.84. The summed E-state index contributed by atoms with van der Waals surface area (Å²) in [6.45, 7) is 8.47. The van der Waals surface area contributed by atoms with Gasteiger partial charge in [0.2, 0.25) is 0 Å².